The quantitative estimate of drug-likeness (QED) is 0.366. The molecule has 1 N–H and O–H groups in total. The van der Waals surface area contributed by atoms with Crippen molar-refractivity contribution >= 4 is 11.7 Å². The minimum absolute atomic E-state index is 0.111. The summed E-state index contributed by atoms with van der Waals surface area (Å²) in [6, 6.07) is 8.19. The molecule has 0 amide bonds. The summed E-state index contributed by atoms with van der Waals surface area (Å²) in [5, 5.41) is 12.2. The molecule has 0 saturated carbocycles. The number of aliphatic hydroxyl groups is 1. The maximum absolute atomic E-state index is 11.3. The van der Waals surface area contributed by atoms with Crippen LogP contribution >= 0.6 is 0 Å². The SMILES string of the molecule is CCOC(=O)C(N=O)=C(O)c1ccccc1. The largest absolute Gasteiger partial charge is 0.505 e. The molecular formula is C11H11NO4. The minimum atomic E-state index is -0.932. The Morgan fingerprint density at radius 2 is 2.00 bits per heavy atom. The van der Waals surface area contributed by atoms with Gasteiger partial charge in [-0.1, -0.05) is 30.3 Å². The van der Waals surface area contributed by atoms with Crippen molar-refractivity contribution in [1.82, 2.24) is 0 Å². The van der Waals surface area contributed by atoms with Crippen molar-refractivity contribution in [3.8, 4) is 0 Å². The van der Waals surface area contributed by atoms with Gasteiger partial charge in [0.15, 0.2) is 5.76 Å². The van der Waals surface area contributed by atoms with Gasteiger partial charge in [0.25, 0.3) is 0 Å². The van der Waals surface area contributed by atoms with Gasteiger partial charge in [-0.25, -0.2) is 4.79 Å². The van der Waals surface area contributed by atoms with E-state index in [1.807, 2.05) is 0 Å². The molecular weight excluding hydrogens is 210 g/mol. The molecule has 0 heterocycles. The molecule has 5 heteroatoms. The number of rotatable bonds is 4. The number of nitrogens with zero attached hydrogens (tertiary/aromatic N) is 1. The van der Waals surface area contributed by atoms with Gasteiger partial charge in [-0.3, -0.25) is 0 Å². The monoisotopic (exact) mass is 221 g/mol. The van der Waals surface area contributed by atoms with Crippen LogP contribution < -0.4 is 0 Å². The molecule has 0 unspecified atom stereocenters. The van der Waals surface area contributed by atoms with E-state index >= 15 is 0 Å². The van der Waals surface area contributed by atoms with Crippen LogP contribution in [0, 0.1) is 4.91 Å². The Morgan fingerprint density at radius 3 is 2.50 bits per heavy atom. The van der Waals surface area contributed by atoms with E-state index in [1.54, 1.807) is 37.3 Å². The first-order valence-electron chi connectivity index (χ1n) is 4.69. The molecule has 16 heavy (non-hydrogen) atoms. The van der Waals surface area contributed by atoms with Crippen LogP contribution in [0.2, 0.25) is 0 Å². The number of benzene rings is 1. The second-order valence-corrected chi connectivity index (χ2v) is 2.87. The maximum atomic E-state index is 11.3. The summed E-state index contributed by atoms with van der Waals surface area (Å²) in [4.78, 5) is 21.7. The van der Waals surface area contributed by atoms with Gasteiger partial charge in [-0.15, -0.1) is 4.91 Å². The zero-order valence-corrected chi connectivity index (χ0v) is 8.71. The van der Waals surface area contributed by atoms with Crippen molar-refractivity contribution in [1.29, 1.82) is 0 Å². The number of ether oxygens (including phenoxy) is 1. The second-order valence-electron chi connectivity index (χ2n) is 2.87. The number of aliphatic hydroxyl groups excluding tert-OH is 1. The molecule has 0 aliphatic carbocycles. The van der Waals surface area contributed by atoms with Crippen molar-refractivity contribution in [2.24, 2.45) is 5.18 Å². The molecule has 1 aromatic rings. The fourth-order valence-corrected chi connectivity index (χ4v) is 1.11. The van der Waals surface area contributed by atoms with Gasteiger partial charge in [-0.2, -0.15) is 0 Å². The van der Waals surface area contributed by atoms with Crippen LogP contribution in [-0.4, -0.2) is 17.7 Å². The highest BCUT2D eigenvalue weighted by Crippen LogP contribution is 2.17. The lowest BCUT2D eigenvalue weighted by Gasteiger charge is -2.03. The highest BCUT2D eigenvalue weighted by molar-refractivity contribution is 5.95. The summed E-state index contributed by atoms with van der Waals surface area (Å²) in [5.74, 6) is -1.41. The average Bonchev–Trinajstić information content (AvgIpc) is 2.31. The molecule has 0 saturated heterocycles. The standard InChI is InChI=1S/C11H11NO4/c1-2-16-11(14)9(12-15)10(13)8-6-4-3-5-7-8/h3-7,13H,2H2,1H3. The molecule has 0 aliphatic rings. The van der Waals surface area contributed by atoms with Crippen LogP contribution in [-0.2, 0) is 9.53 Å². The van der Waals surface area contributed by atoms with E-state index in [-0.39, 0.29) is 6.61 Å². The van der Waals surface area contributed by atoms with Gasteiger partial charge >= 0.3 is 5.97 Å². The van der Waals surface area contributed by atoms with E-state index in [0.717, 1.165) is 0 Å². The number of esters is 1. The summed E-state index contributed by atoms with van der Waals surface area (Å²) in [6.07, 6.45) is 0. The second kappa shape index (κ2) is 5.65. The van der Waals surface area contributed by atoms with Crippen molar-refractivity contribution in [3.05, 3.63) is 46.5 Å². The smallest absolute Gasteiger partial charge is 0.364 e. The molecule has 5 nitrogen and oxygen atoms in total. The Kier molecular flexibility index (Phi) is 4.20. The lowest BCUT2D eigenvalue weighted by molar-refractivity contribution is -0.138. The van der Waals surface area contributed by atoms with E-state index < -0.39 is 17.4 Å². The number of nitroso groups, excluding NO2 is 1. The summed E-state index contributed by atoms with van der Waals surface area (Å²) in [6.45, 7) is 1.71. The van der Waals surface area contributed by atoms with E-state index in [2.05, 4.69) is 9.91 Å². The number of hydrogen-bond donors (Lipinski definition) is 1. The summed E-state index contributed by atoms with van der Waals surface area (Å²) >= 11 is 0. The predicted molar refractivity (Wildman–Crippen MR) is 58.4 cm³/mol. The van der Waals surface area contributed by atoms with E-state index in [4.69, 9.17) is 0 Å². The van der Waals surface area contributed by atoms with Crippen molar-refractivity contribution in [2.45, 2.75) is 6.92 Å². The van der Waals surface area contributed by atoms with Gasteiger partial charge in [0.05, 0.1) is 6.61 Å². The van der Waals surface area contributed by atoms with Gasteiger partial charge in [-0.05, 0) is 12.1 Å². The molecule has 0 spiro atoms. The normalized spacial score (nSPS) is 11.6. The third-order valence-electron chi connectivity index (χ3n) is 1.83. The van der Waals surface area contributed by atoms with Crippen molar-refractivity contribution < 1.29 is 14.6 Å². The van der Waals surface area contributed by atoms with Crippen molar-refractivity contribution in [3.63, 3.8) is 0 Å². The third kappa shape index (κ3) is 2.66. The molecule has 84 valence electrons. The van der Waals surface area contributed by atoms with E-state index in [0.29, 0.717) is 5.56 Å². The van der Waals surface area contributed by atoms with E-state index in [1.165, 1.54) is 0 Å². The lowest BCUT2D eigenvalue weighted by atomic mass is 10.1. The zero-order chi connectivity index (χ0) is 12.0. The molecule has 1 rings (SSSR count). The first kappa shape index (κ1) is 11.9. The molecule has 0 aromatic heterocycles. The lowest BCUT2D eigenvalue weighted by Crippen LogP contribution is -2.08. The summed E-state index contributed by atoms with van der Waals surface area (Å²) in [7, 11) is 0. The predicted octanol–water partition coefficient (Wildman–Crippen LogP) is 2.24. The topological polar surface area (TPSA) is 76.0 Å². The Bertz CT molecular complexity index is 411. The summed E-state index contributed by atoms with van der Waals surface area (Å²) < 4.78 is 4.59. The van der Waals surface area contributed by atoms with Crippen LogP contribution in [0.15, 0.2) is 41.2 Å². The van der Waals surface area contributed by atoms with Gasteiger partial charge in [0.2, 0.25) is 5.70 Å². The van der Waals surface area contributed by atoms with Gasteiger partial charge < -0.3 is 9.84 Å². The fourth-order valence-electron chi connectivity index (χ4n) is 1.11. The number of hydrogen-bond acceptors (Lipinski definition) is 5. The average molecular weight is 221 g/mol. The van der Waals surface area contributed by atoms with Crippen molar-refractivity contribution in [2.75, 3.05) is 6.61 Å². The Morgan fingerprint density at radius 1 is 1.38 bits per heavy atom. The first-order chi connectivity index (χ1) is 7.70. The highest BCUT2D eigenvalue weighted by Gasteiger charge is 2.18. The van der Waals surface area contributed by atoms with Crippen LogP contribution in [0.5, 0.6) is 0 Å². The fraction of sp³-hybridized carbons (Fsp3) is 0.182. The molecule has 0 bridgehead atoms. The number of carbonyl (C=O) groups is 1. The van der Waals surface area contributed by atoms with Gasteiger partial charge in [0, 0.05) is 5.56 Å². The van der Waals surface area contributed by atoms with Crippen LogP contribution in [0.3, 0.4) is 0 Å². The van der Waals surface area contributed by atoms with Gasteiger partial charge in [0.1, 0.15) is 0 Å². The Balaban J connectivity index is 3.09. The molecule has 0 fully saturated rings. The Labute approximate surface area is 92.3 Å². The van der Waals surface area contributed by atoms with E-state index in [9.17, 15) is 14.8 Å². The maximum Gasteiger partial charge on any atom is 0.364 e. The molecule has 1 aromatic carbocycles. The molecule has 0 radical (unpaired) electrons. The highest BCUT2D eigenvalue weighted by atomic mass is 16.5. The zero-order valence-electron chi connectivity index (χ0n) is 8.71. The molecule has 0 aliphatic heterocycles. The third-order valence-corrected chi connectivity index (χ3v) is 1.83. The first-order valence-corrected chi connectivity index (χ1v) is 4.69. The minimum Gasteiger partial charge on any atom is -0.505 e. The molecule has 0 atom stereocenters. The van der Waals surface area contributed by atoms with Crippen LogP contribution in [0.4, 0.5) is 0 Å². The summed E-state index contributed by atoms with van der Waals surface area (Å²) in [5.41, 5.74) is -0.279. The number of carbonyl (C=O) groups excluding carboxylic acids is 1. The Hall–Kier alpha value is -2.17. The van der Waals surface area contributed by atoms with Crippen LogP contribution in [0.25, 0.3) is 5.76 Å². The van der Waals surface area contributed by atoms with Crippen LogP contribution in [0.1, 0.15) is 12.5 Å².